The molecule has 0 aliphatic rings. The van der Waals surface area contributed by atoms with Gasteiger partial charge in [-0.25, -0.2) is 0 Å². The third kappa shape index (κ3) is 2.94. The molecule has 0 aliphatic heterocycles. The van der Waals surface area contributed by atoms with Crippen LogP contribution in [-0.2, 0) is 0 Å². The molecule has 0 saturated heterocycles. The van der Waals surface area contributed by atoms with Gasteiger partial charge < -0.3 is 5.32 Å². The maximum absolute atomic E-state index is 10.7. The minimum absolute atomic E-state index is 0.266. The number of anilines is 1. The average Bonchev–Trinajstić information content (AvgIpc) is 2.16. The van der Waals surface area contributed by atoms with Crippen molar-refractivity contribution in [3.8, 4) is 0 Å². The van der Waals surface area contributed by atoms with E-state index in [0.717, 1.165) is 11.3 Å². The molecule has 0 radical (unpaired) electrons. The van der Waals surface area contributed by atoms with Gasteiger partial charge in [0.1, 0.15) is 0 Å². The van der Waals surface area contributed by atoms with Crippen molar-refractivity contribution in [2.75, 3.05) is 11.9 Å². The summed E-state index contributed by atoms with van der Waals surface area (Å²) in [5.74, 6) is 0. The van der Waals surface area contributed by atoms with Gasteiger partial charge in [-0.05, 0) is 18.6 Å². The van der Waals surface area contributed by atoms with E-state index in [9.17, 15) is 10.1 Å². The van der Waals surface area contributed by atoms with Gasteiger partial charge in [0.15, 0.2) is 0 Å². The second-order valence-corrected chi connectivity index (χ2v) is 4.24. The minimum Gasteiger partial charge on any atom is -0.378 e. The molecule has 15 heavy (non-hydrogen) atoms. The molecule has 0 atom stereocenters. The van der Waals surface area contributed by atoms with E-state index in [-0.39, 0.29) is 4.92 Å². The Balaban J connectivity index is 2.66. The number of rotatable bonds is 4. The van der Waals surface area contributed by atoms with Gasteiger partial charge in [0.05, 0.1) is 6.54 Å². The smallest absolute Gasteiger partial charge is 0.233 e. The zero-order valence-corrected chi connectivity index (χ0v) is 9.28. The molecule has 1 aromatic carbocycles. The molecular weight excluding hydrogens is 192 g/mol. The highest BCUT2D eigenvalue weighted by molar-refractivity contribution is 5.50. The zero-order chi connectivity index (χ0) is 11.5. The lowest BCUT2D eigenvalue weighted by atomic mass is 10.1. The summed E-state index contributed by atoms with van der Waals surface area (Å²) in [5, 5.41) is 13.8. The Bertz CT molecular complexity index is 361. The lowest BCUT2D eigenvalue weighted by Crippen LogP contribution is -2.38. The average molecular weight is 208 g/mol. The second-order valence-electron chi connectivity index (χ2n) is 4.24. The summed E-state index contributed by atoms with van der Waals surface area (Å²) < 4.78 is 0. The number of benzene rings is 1. The molecule has 0 saturated carbocycles. The van der Waals surface area contributed by atoms with E-state index in [1.807, 2.05) is 31.2 Å². The molecule has 0 unspecified atom stereocenters. The van der Waals surface area contributed by atoms with Crippen LogP contribution in [0.5, 0.6) is 0 Å². The van der Waals surface area contributed by atoms with E-state index in [2.05, 4.69) is 5.32 Å². The summed E-state index contributed by atoms with van der Waals surface area (Å²) in [4.78, 5) is 10.4. The topological polar surface area (TPSA) is 55.2 Å². The van der Waals surface area contributed by atoms with Crippen LogP contribution in [0.4, 0.5) is 5.69 Å². The Morgan fingerprint density at radius 2 is 2.00 bits per heavy atom. The lowest BCUT2D eigenvalue weighted by molar-refractivity contribution is -0.556. The van der Waals surface area contributed by atoms with Crippen molar-refractivity contribution in [2.45, 2.75) is 26.3 Å². The van der Waals surface area contributed by atoms with Gasteiger partial charge >= 0.3 is 0 Å². The Morgan fingerprint density at radius 1 is 1.40 bits per heavy atom. The fourth-order valence-corrected chi connectivity index (χ4v) is 1.15. The first-order chi connectivity index (χ1) is 6.93. The van der Waals surface area contributed by atoms with Crippen molar-refractivity contribution in [3.63, 3.8) is 0 Å². The Labute approximate surface area is 89.5 Å². The Morgan fingerprint density at radius 3 is 2.53 bits per heavy atom. The maximum Gasteiger partial charge on any atom is 0.233 e. The summed E-state index contributed by atoms with van der Waals surface area (Å²) in [6.45, 7) is 5.52. The van der Waals surface area contributed by atoms with Gasteiger partial charge in [-0.2, -0.15) is 0 Å². The van der Waals surface area contributed by atoms with Crippen LogP contribution in [0, 0.1) is 17.0 Å². The van der Waals surface area contributed by atoms with E-state index in [1.54, 1.807) is 13.8 Å². The van der Waals surface area contributed by atoms with Gasteiger partial charge in [0.2, 0.25) is 5.54 Å². The molecule has 1 rings (SSSR count). The molecule has 1 aromatic rings. The van der Waals surface area contributed by atoms with E-state index >= 15 is 0 Å². The largest absolute Gasteiger partial charge is 0.378 e. The summed E-state index contributed by atoms with van der Waals surface area (Å²) in [6, 6.07) is 7.75. The van der Waals surface area contributed by atoms with Gasteiger partial charge in [0, 0.05) is 24.5 Å². The predicted octanol–water partition coefficient (Wildman–Crippen LogP) is 2.46. The monoisotopic (exact) mass is 208 g/mol. The molecular formula is C11H16N2O2. The minimum atomic E-state index is -0.942. The highest BCUT2D eigenvalue weighted by Gasteiger charge is 2.30. The molecule has 0 spiro atoms. The molecule has 1 N–H and O–H groups in total. The molecule has 0 amide bonds. The first kappa shape index (κ1) is 11.5. The van der Waals surface area contributed by atoms with Crippen LogP contribution < -0.4 is 5.32 Å². The van der Waals surface area contributed by atoms with Crippen LogP contribution in [0.25, 0.3) is 0 Å². The molecule has 0 aromatic heterocycles. The fraction of sp³-hybridized carbons (Fsp3) is 0.455. The summed E-state index contributed by atoms with van der Waals surface area (Å²) in [6.07, 6.45) is 0. The van der Waals surface area contributed by atoms with E-state index in [0.29, 0.717) is 6.54 Å². The third-order valence-electron chi connectivity index (χ3n) is 2.35. The fourth-order valence-electron chi connectivity index (χ4n) is 1.15. The van der Waals surface area contributed by atoms with Crippen molar-refractivity contribution in [1.29, 1.82) is 0 Å². The molecule has 0 heterocycles. The Kier molecular flexibility index (Phi) is 3.29. The first-order valence-corrected chi connectivity index (χ1v) is 4.87. The number of nitro groups is 1. The standard InChI is InChI=1S/C11H16N2O2/c1-9-6-4-5-7-10(9)12-8-11(2,3)13(14)15/h4-7,12H,8H2,1-3H3. The van der Waals surface area contributed by atoms with Crippen molar-refractivity contribution in [2.24, 2.45) is 0 Å². The first-order valence-electron chi connectivity index (χ1n) is 4.87. The highest BCUT2D eigenvalue weighted by Crippen LogP contribution is 2.15. The number of hydrogen-bond donors (Lipinski definition) is 1. The van der Waals surface area contributed by atoms with Gasteiger partial charge in [-0.3, -0.25) is 10.1 Å². The van der Waals surface area contributed by atoms with Gasteiger partial charge in [-0.1, -0.05) is 18.2 Å². The lowest BCUT2D eigenvalue weighted by Gasteiger charge is -2.17. The second kappa shape index (κ2) is 4.29. The van der Waals surface area contributed by atoms with Crippen LogP contribution >= 0.6 is 0 Å². The van der Waals surface area contributed by atoms with Crippen LogP contribution in [0.2, 0.25) is 0 Å². The normalized spacial score (nSPS) is 11.1. The highest BCUT2D eigenvalue weighted by atomic mass is 16.6. The number of nitrogens with zero attached hydrogens (tertiary/aromatic N) is 1. The van der Waals surface area contributed by atoms with Crippen molar-refractivity contribution in [3.05, 3.63) is 39.9 Å². The van der Waals surface area contributed by atoms with Gasteiger partial charge in [-0.15, -0.1) is 0 Å². The summed E-state index contributed by atoms with van der Waals surface area (Å²) >= 11 is 0. The number of para-hydroxylation sites is 1. The quantitative estimate of drug-likeness (QED) is 0.610. The summed E-state index contributed by atoms with van der Waals surface area (Å²) in [5.41, 5.74) is 1.10. The molecule has 0 fully saturated rings. The van der Waals surface area contributed by atoms with E-state index < -0.39 is 5.54 Å². The maximum atomic E-state index is 10.7. The predicted molar refractivity (Wildman–Crippen MR) is 60.7 cm³/mol. The van der Waals surface area contributed by atoms with Crippen molar-refractivity contribution < 1.29 is 4.92 Å². The number of nitrogens with one attached hydrogen (secondary N) is 1. The van der Waals surface area contributed by atoms with Crippen molar-refractivity contribution >= 4 is 5.69 Å². The zero-order valence-electron chi connectivity index (χ0n) is 9.28. The molecule has 4 nitrogen and oxygen atoms in total. The van der Waals surface area contributed by atoms with Crippen LogP contribution in [-0.4, -0.2) is 17.0 Å². The third-order valence-corrected chi connectivity index (χ3v) is 2.35. The molecule has 4 heteroatoms. The summed E-state index contributed by atoms with van der Waals surface area (Å²) in [7, 11) is 0. The molecule has 0 bridgehead atoms. The number of aryl methyl sites for hydroxylation is 1. The van der Waals surface area contributed by atoms with E-state index in [4.69, 9.17) is 0 Å². The molecule has 0 aliphatic carbocycles. The van der Waals surface area contributed by atoms with Gasteiger partial charge in [0.25, 0.3) is 0 Å². The molecule has 82 valence electrons. The Hall–Kier alpha value is -1.58. The van der Waals surface area contributed by atoms with E-state index in [1.165, 1.54) is 0 Å². The number of hydrogen-bond acceptors (Lipinski definition) is 3. The van der Waals surface area contributed by atoms with Crippen LogP contribution in [0.1, 0.15) is 19.4 Å². The van der Waals surface area contributed by atoms with Crippen LogP contribution in [0.15, 0.2) is 24.3 Å². The SMILES string of the molecule is Cc1ccccc1NCC(C)(C)[N+](=O)[O-]. The van der Waals surface area contributed by atoms with Crippen molar-refractivity contribution in [1.82, 2.24) is 0 Å². The van der Waals surface area contributed by atoms with Crippen LogP contribution in [0.3, 0.4) is 0 Å².